The standard InChI is InChI=1S/C17H25N7O/c1-11(2)19-14(25)10-24(4)12(3)15-21-16(18)23-17(22-15)20-13-8-6-5-7-9-13/h5-9,11-12H,10H2,1-4H3,(H,19,25)(H3,18,20,21,22,23). The highest BCUT2D eigenvalue weighted by atomic mass is 16.2. The van der Waals surface area contributed by atoms with Crippen molar-refractivity contribution in [2.45, 2.75) is 32.9 Å². The molecule has 0 spiro atoms. The number of rotatable bonds is 7. The van der Waals surface area contributed by atoms with Crippen LogP contribution in [0, 0.1) is 0 Å². The Morgan fingerprint density at radius 1 is 1.16 bits per heavy atom. The minimum absolute atomic E-state index is 0.0472. The zero-order valence-electron chi connectivity index (χ0n) is 15.0. The summed E-state index contributed by atoms with van der Waals surface area (Å²) in [6, 6.07) is 9.48. The van der Waals surface area contributed by atoms with E-state index in [9.17, 15) is 4.79 Å². The molecule has 1 unspecified atom stereocenters. The Kier molecular flexibility index (Phi) is 6.24. The molecule has 2 aromatic rings. The molecule has 0 radical (unpaired) electrons. The van der Waals surface area contributed by atoms with Gasteiger partial charge in [-0.3, -0.25) is 9.69 Å². The van der Waals surface area contributed by atoms with Crippen LogP contribution in [0.3, 0.4) is 0 Å². The molecule has 0 aliphatic carbocycles. The van der Waals surface area contributed by atoms with Crippen LogP contribution < -0.4 is 16.4 Å². The molecule has 0 aliphatic rings. The lowest BCUT2D eigenvalue weighted by Gasteiger charge is -2.23. The van der Waals surface area contributed by atoms with Crippen LogP contribution in [0.25, 0.3) is 0 Å². The van der Waals surface area contributed by atoms with Crippen LogP contribution in [0.1, 0.15) is 32.6 Å². The van der Waals surface area contributed by atoms with Crippen molar-refractivity contribution in [3.63, 3.8) is 0 Å². The molecule has 1 aromatic heterocycles. The summed E-state index contributed by atoms with van der Waals surface area (Å²) in [5, 5.41) is 5.97. The fourth-order valence-electron chi connectivity index (χ4n) is 2.23. The van der Waals surface area contributed by atoms with Gasteiger partial charge in [0, 0.05) is 11.7 Å². The molecule has 0 saturated carbocycles. The third kappa shape index (κ3) is 5.68. The molecule has 1 atom stereocenters. The van der Waals surface area contributed by atoms with Crippen molar-refractivity contribution in [1.82, 2.24) is 25.2 Å². The maximum Gasteiger partial charge on any atom is 0.234 e. The van der Waals surface area contributed by atoms with E-state index in [1.54, 1.807) is 0 Å². The molecule has 134 valence electrons. The predicted molar refractivity (Wildman–Crippen MR) is 98.3 cm³/mol. The molecule has 0 saturated heterocycles. The summed E-state index contributed by atoms with van der Waals surface area (Å²) in [4.78, 5) is 26.5. The molecule has 25 heavy (non-hydrogen) atoms. The maximum atomic E-state index is 11.9. The van der Waals surface area contributed by atoms with E-state index in [-0.39, 0.29) is 30.5 Å². The zero-order chi connectivity index (χ0) is 18.4. The second-order valence-electron chi connectivity index (χ2n) is 6.18. The monoisotopic (exact) mass is 343 g/mol. The number of carbonyl (C=O) groups excluding carboxylic acids is 1. The number of nitrogen functional groups attached to an aromatic ring is 1. The van der Waals surface area contributed by atoms with Gasteiger partial charge in [-0.2, -0.15) is 15.0 Å². The predicted octanol–water partition coefficient (Wildman–Crippen LogP) is 1.71. The number of likely N-dealkylation sites (N-methyl/N-ethyl adjacent to an activating group) is 1. The largest absolute Gasteiger partial charge is 0.368 e. The first-order valence-electron chi connectivity index (χ1n) is 8.18. The first-order chi connectivity index (χ1) is 11.8. The number of nitrogens with zero attached hydrogens (tertiary/aromatic N) is 4. The van der Waals surface area contributed by atoms with Crippen LogP contribution in [-0.2, 0) is 4.79 Å². The number of amides is 1. The van der Waals surface area contributed by atoms with Gasteiger partial charge in [-0.1, -0.05) is 18.2 Å². The Hall–Kier alpha value is -2.74. The number of para-hydroxylation sites is 1. The van der Waals surface area contributed by atoms with Crippen molar-refractivity contribution in [2.24, 2.45) is 0 Å². The van der Waals surface area contributed by atoms with Crippen molar-refractivity contribution in [3.05, 3.63) is 36.2 Å². The number of aromatic nitrogens is 3. The molecule has 8 nitrogen and oxygen atoms in total. The fraction of sp³-hybridized carbons (Fsp3) is 0.412. The van der Waals surface area contributed by atoms with E-state index >= 15 is 0 Å². The lowest BCUT2D eigenvalue weighted by molar-refractivity contribution is -0.122. The second-order valence-corrected chi connectivity index (χ2v) is 6.18. The second kappa shape index (κ2) is 8.39. The highest BCUT2D eigenvalue weighted by molar-refractivity contribution is 5.78. The molecule has 1 amide bonds. The average molecular weight is 343 g/mol. The van der Waals surface area contributed by atoms with Gasteiger partial charge in [-0.05, 0) is 40.0 Å². The molecule has 1 aromatic carbocycles. The number of nitrogens with one attached hydrogen (secondary N) is 2. The quantitative estimate of drug-likeness (QED) is 0.702. The molecule has 0 fully saturated rings. The zero-order valence-corrected chi connectivity index (χ0v) is 15.0. The number of hydrogen-bond donors (Lipinski definition) is 3. The van der Waals surface area contributed by atoms with Gasteiger partial charge in [0.15, 0.2) is 5.82 Å². The van der Waals surface area contributed by atoms with Crippen LogP contribution in [0.4, 0.5) is 17.6 Å². The van der Waals surface area contributed by atoms with Gasteiger partial charge < -0.3 is 16.4 Å². The summed E-state index contributed by atoms with van der Waals surface area (Å²) >= 11 is 0. The topological polar surface area (TPSA) is 109 Å². The number of anilines is 3. The Labute approximate surface area is 147 Å². The SMILES string of the molecule is CC(C)NC(=O)CN(C)C(C)c1nc(N)nc(Nc2ccccc2)n1. The van der Waals surface area contributed by atoms with Crippen molar-refractivity contribution >= 4 is 23.5 Å². The summed E-state index contributed by atoms with van der Waals surface area (Å²) < 4.78 is 0. The minimum Gasteiger partial charge on any atom is -0.368 e. The van der Waals surface area contributed by atoms with Crippen molar-refractivity contribution in [1.29, 1.82) is 0 Å². The van der Waals surface area contributed by atoms with Crippen molar-refractivity contribution in [2.75, 3.05) is 24.6 Å². The third-order valence-corrected chi connectivity index (χ3v) is 3.58. The van der Waals surface area contributed by atoms with Crippen LogP contribution in [0.2, 0.25) is 0 Å². The van der Waals surface area contributed by atoms with E-state index in [0.29, 0.717) is 11.8 Å². The van der Waals surface area contributed by atoms with E-state index in [4.69, 9.17) is 5.73 Å². The van der Waals surface area contributed by atoms with E-state index < -0.39 is 0 Å². The van der Waals surface area contributed by atoms with Gasteiger partial charge in [0.2, 0.25) is 17.8 Å². The van der Waals surface area contributed by atoms with Crippen molar-refractivity contribution < 1.29 is 4.79 Å². The number of benzene rings is 1. The van der Waals surface area contributed by atoms with E-state index in [0.717, 1.165) is 5.69 Å². The molecule has 0 aliphatic heterocycles. The van der Waals surface area contributed by atoms with E-state index in [1.165, 1.54) is 0 Å². The van der Waals surface area contributed by atoms with Gasteiger partial charge in [-0.15, -0.1) is 0 Å². The highest BCUT2D eigenvalue weighted by Crippen LogP contribution is 2.18. The Balaban J connectivity index is 2.11. The lowest BCUT2D eigenvalue weighted by Crippen LogP contribution is -2.39. The number of nitrogens with two attached hydrogens (primary N) is 1. The van der Waals surface area contributed by atoms with Crippen molar-refractivity contribution in [3.8, 4) is 0 Å². The average Bonchev–Trinajstić information content (AvgIpc) is 2.53. The first kappa shape index (κ1) is 18.6. The molecule has 2 rings (SSSR count). The van der Waals surface area contributed by atoms with E-state index in [1.807, 2.05) is 63.1 Å². The van der Waals surface area contributed by atoms with Gasteiger partial charge in [0.1, 0.15) is 0 Å². The molecule has 4 N–H and O–H groups in total. The Bertz CT molecular complexity index is 705. The van der Waals surface area contributed by atoms with Crippen LogP contribution >= 0.6 is 0 Å². The summed E-state index contributed by atoms with van der Waals surface area (Å²) in [7, 11) is 1.84. The molecular weight excluding hydrogens is 318 g/mol. The molecular formula is C17H25N7O. The van der Waals surface area contributed by atoms with Crippen LogP contribution in [-0.4, -0.2) is 45.4 Å². The first-order valence-corrected chi connectivity index (χ1v) is 8.18. The van der Waals surface area contributed by atoms with Gasteiger partial charge in [0.05, 0.1) is 12.6 Å². The van der Waals surface area contributed by atoms with E-state index in [2.05, 4.69) is 25.6 Å². The highest BCUT2D eigenvalue weighted by Gasteiger charge is 2.19. The maximum absolute atomic E-state index is 11.9. The van der Waals surface area contributed by atoms with Gasteiger partial charge >= 0.3 is 0 Å². The summed E-state index contributed by atoms with van der Waals surface area (Å²) in [6.45, 7) is 6.02. The molecule has 8 heteroatoms. The number of carbonyl (C=O) groups is 1. The third-order valence-electron chi connectivity index (χ3n) is 3.58. The minimum atomic E-state index is -0.195. The molecule has 0 bridgehead atoms. The van der Waals surface area contributed by atoms with Crippen LogP contribution in [0.5, 0.6) is 0 Å². The Morgan fingerprint density at radius 3 is 2.48 bits per heavy atom. The van der Waals surface area contributed by atoms with Gasteiger partial charge in [0.25, 0.3) is 0 Å². The fourth-order valence-corrected chi connectivity index (χ4v) is 2.23. The summed E-state index contributed by atoms with van der Waals surface area (Å²) in [6.07, 6.45) is 0. The van der Waals surface area contributed by atoms with Crippen LogP contribution in [0.15, 0.2) is 30.3 Å². The lowest BCUT2D eigenvalue weighted by atomic mass is 10.2. The smallest absolute Gasteiger partial charge is 0.234 e. The Morgan fingerprint density at radius 2 is 1.84 bits per heavy atom. The summed E-state index contributed by atoms with van der Waals surface area (Å²) in [5.41, 5.74) is 6.68. The molecule has 1 heterocycles. The summed E-state index contributed by atoms with van der Waals surface area (Å²) in [5.74, 6) is 0.968. The number of hydrogen-bond acceptors (Lipinski definition) is 7. The normalized spacial score (nSPS) is 12.2. The van der Waals surface area contributed by atoms with Gasteiger partial charge in [-0.25, -0.2) is 0 Å².